The minimum absolute atomic E-state index is 0.0775. The number of nitrogens with zero attached hydrogens (tertiary/aromatic N) is 1. The van der Waals surface area contributed by atoms with Gasteiger partial charge in [-0.2, -0.15) is 0 Å². The van der Waals surface area contributed by atoms with Gasteiger partial charge in [0.2, 0.25) is 0 Å². The summed E-state index contributed by atoms with van der Waals surface area (Å²) in [5.74, 6) is -0.929. The van der Waals surface area contributed by atoms with E-state index in [0.717, 1.165) is 6.07 Å². The smallest absolute Gasteiger partial charge is 0.338 e. The highest BCUT2D eigenvalue weighted by Gasteiger charge is 2.37. The van der Waals surface area contributed by atoms with E-state index in [4.69, 9.17) is 14.2 Å². The average molecular weight is 445 g/mol. The lowest BCUT2D eigenvalue weighted by atomic mass is 9.98. The Bertz CT molecular complexity index is 1060. The van der Waals surface area contributed by atoms with Crippen LogP contribution in [0.5, 0.6) is 17.2 Å². The van der Waals surface area contributed by atoms with Gasteiger partial charge in [0, 0.05) is 32.1 Å². The number of ether oxygens (including phenoxy) is 3. The van der Waals surface area contributed by atoms with Crippen molar-refractivity contribution in [3.63, 3.8) is 0 Å². The number of carbonyl (C=O) groups excluding carboxylic acids is 2. The van der Waals surface area contributed by atoms with Gasteiger partial charge in [-0.25, -0.2) is 9.18 Å². The Hall–Kier alpha value is -3.13. The van der Waals surface area contributed by atoms with Crippen molar-refractivity contribution in [2.75, 3.05) is 20.7 Å². The Morgan fingerprint density at radius 1 is 1.22 bits per heavy atom. The summed E-state index contributed by atoms with van der Waals surface area (Å²) in [6, 6.07) is 7.00. The summed E-state index contributed by atoms with van der Waals surface area (Å²) in [4.78, 5) is 26.0. The Balaban J connectivity index is 1.99. The van der Waals surface area contributed by atoms with Gasteiger partial charge < -0.3 is 24.2 Å². The first-order valence-corrected chi connectivity index (χ1v) is 10.2. The molecule has 1 aliphatic rings. The lowest BCUT2D eigenvalue weighted by molar-refractivity contribution is 0.00675. The molecule has 32 heavy (non-hydrogen) atoms. The van der Waals surface area contributed by atoms with E-state index in [-0.39, 0.29) is 29.2 Å². The maximum absolute atomic E-state index is 14.5. The fraction of sp³-hybridized carbons (Fsp3) is 0.417. The monoisotopic (exact) mass is 445 g/mol. The summed E-state index contributed by atoms with van der Waals surface area (Å²) in [5, 5.41) is 9.73. The predicted molar refractivity (Wildman–Crippen MR) is 116 cm³/mol. The van der Waals surface area contributed by atoms with Crippen LogP contribution >= 0.6 is 0 Å². The van der Waals surface area contributed by atoms with Gasteiger partial charge in [-0.05, 0) is 52.0 Å². The molecule has 0 aromatic heterocycles. The van der Waals surface area contributed by atoms with Gasteiger partial charge in [-0.3, -0.25) is 4.79 Å². The molecule has 0 aliphatic carbocycles. The number of carbonyl (C=O) groups is 2. The highest BCUT2D eigenvalue weighted by molar-refractivity contribution is 5.94. The number of aliphatic hydroxyl groups is 1. The number of rotatable bonds is 5. The maximum atomic E-state index is 14.5. The molecular weight excluding hydrogens is 417 g/mol. The van der Waals surface area contributed by atoms with Gasteiger partial charge in [0.15, 0.2) is 0 Å². The normalized spacial score (nSPS) is 17.4. The second kappa shape index (κ2) is 8.43. The molecule has 0 saturated heterocycles. The Morgan fingerprint density at radius 2 is 1.91 bits per heavy atom. The molecule has 1 atom stereocenters. The molecule has 0 saturated carbocycles. The molecule has 1 unspecified atom stereocenters. The van der Waals surface area contributed by atoms with Crippen molar-refractivity contribution in [3.8, 4) is 17.2 Å². The SMILES string of the molecule is CN(C)C(=O)c1ccc(Oc2cc(C(=O)OC(C)(C)C)cc3c2CC(C)(CO)O3)cc1F. The van der Waals surface area contributed by atoms with E-state index >= 15 is 0 Å². The molecule has 2 aromatic rings. The van der Waals surface area contributed by atoms with Gasteiger partial charge in [0.1, 0.15) is 34.3 Å². The average Bonchev–Trinajstić information content (AvgIpc) is 3.03. The molecule has 0 radical (unpaired) electrons. The van der Waals surface area contributed by atoms with E-state index in [0.29, 0.717) is 17.7 Å². The van der Waals surface area contributed by atoms with E-state index < -0.39 is 28.9 Å². The van der Waals surface area contributed by atoms with Gasteiger partial charge in [0.25, 0.3) is 5.91 Å². The zero-order valence-corrected chi connectivity index (χ0v) is 19.1. The maximum Gasteiger partial charge on any atom is 0.338 e. The quantitative estimate of drug-likeness (QED) is 0.702. The molecule has 8 heteroatoms. The molecule has 1 heterocycles. The largest absolute Gasteiger partial charge is 0.484 e. The van der Waals surface area contributed by atoms with Crippen LogP contribution in [0.2, 0.25) is 0 Å². The van der Waals surface area contributed by atoms with Crippen LogP contribution < -0.4 is 9.47 Å². The number of hydrogen-bond donors (Lipinski definition) is 1. The summed E-state index contributed by atoms with van der Waals surface area (Å²) in [5.41, 5.74) is -0.805. The van der Waals surface area contributed by atoms with E-state index in [2.05, 4.69) is 0 Å². The number of benzene rings is 2. The fourth-order valence-corrected chi connectivity index (χ4v) is 3.30. The van der Waals surface area contributed by atoms with Crippen molar-refractivity contribution in [1.82, 2.24) is 4.90 Å². The molecule has 0 bridgehead atoms. The topological polar surface area (TPSA) is 85.3 Å². The van der Waals surface area contributed by atoms with Gasteiger partial charge in [0.05, 0.1) is 17.7 Å². The lowest BCUT2D eigenvalue weighted by Crippen LogP contribution is -2.34. The third kappa shape index (κ3) is 5.02. The highest BCUT2D eigenvalue weighted by Crippen LogP contribution is 2.43. The molecule has 1 amide bonds. The zero-order valence-electron chi connectivity index (χ0n) is 19.1. The van der Waals surface area contributed by atoms with Gasteiger partial charge in [-0.1, -0.05) is 0 Å². The first-order valence-electron chi connectivity index (χ1n) is 10.2. The Labute approximate surface area is 186 Å². The lowest BCUT2D eigenvalue weighted by Gasteiger charge is -2.21. The van der Waals surface area contributed by atoms with Gasteiger partial charge >= 0.3 is 5.97 Å². The number of hydrogen-bond acceptors (Lipinski definition) is 6. The molecule has 7 nitrogen and oxygen atoms in total. The summed E-state index contributed by atoms with van der Waals surface area (Å²) >= 11 is 0. The number of aliphatic hydroxyl groups excluding tert-OH is 1. The fourth-order valence-electron chi connectivity index (χ4n) is 3.30. The van der Waals surface area contributed by atoms with Crippen molar-refractivity contribution in [2.45, 2.75) is 45.3 Å². The third-order valence-electron chi connectivity index (χ3n) is 4.85. The Kier molecular flexibility index (Phi) is 6.20. The van der Waals surface area contributed by atoms with Crippen LogP contribution in [0, 0.1) is 5.82 Å². The van der Waals surface area contributed by atoms with Crippen molar-refractivity contribution in [3.05, 3.63) is 52.8 Å². The van der Waals surface area contributed by atoms with E-state index in [1.165, 1.54) is 37.2 Å². The predicted octanol–water partition coefficient (Wildman–Crippen LogP) is 3.96. The van der Waals surface area contributed by atoms with Crippen LogP contribution in [-0.2, 0) is 11.2 Å². The molecule has 0 fully saturated rings. The highest BCUT2D eigenvalue weighted by atomic mass is 19.1. The van der Waals surface area contributed by atoms with E-state index in [9.17, 15) is 19.1 Å². The molecule has 172 valence electrons. The van der Waals surface area contributed by atoms with Crippen molar-refractivity contribution in [1.29, 1.82) is 0 Å². The van der Waals surface area contributed by atoms with Crippen molar-refractivity contribution >= 4 is 11.9 Å². The second-order valence-corrected chi connectivity index (χ2v) is 9.28. The van der Waals surface area contributed by atoms with Crippen LogP contribution in [0.15, 0.2) is 30.3 Å². The number of esters is 1. The Morgan fingerprint density at radius 3 is 2.47 bits per heavy atom. The minimum Gasteiger partial charge on any atom is -0.484 e. The van der Waals surface area contributed by atoms with Crippen molar-refractivity contribution in [2.24, 2.45) is 0 Å². The first-order chi connectivity index (χ1) is 14.8. The van der Waals surface area contributed by atoms with Crippen molar-refractivity contribution < 1.29 is 33.3 Å². The summed E-state index contributed by atoms with van der Waals surface area (Å²) in [7, 11) is 3.08. The van der Waals surface area contributed by atoms with E-state index in [1.807, 2.05) is 0 Å². The summed E-state index contributed by atoms with van der Waals surface area (Å²) in [6.45, 7) is 6.78. The standard InChI is InChI=1S/C24H28FNO6/c1-23(2,3)32-22(29)14-9-19(17-12-24(4,13-27)31-20(17)10-14)30-15-7-8-16(18(25)11-15)21(28)26(5)6/h7-11,27H,12-13H2,1-6H3. The number of halogens is 1. The van der Waals surface area contributed by atoms with Crippen LogP contribution in [0.4, 0.5) is 4.39 Å². The van der Waals surface area contributed by atoms with Gasteiger partial charge in [-0.15, -0.1) is 0 Å². The second-order valence-electron chi connectivity index (χ2n) is 9.28. The first kappa shape index (κ1) is 23.5. The van der Waals surface area contributed by atoms with Crippen LogP contribution in [0.25, 0.3) is 0 Å². The van der Waals surface area contributed by atoms with Crippen LogP contribution in [0.1, 0.15) is 54.0 Å². The third-order valence-corrected chi connectivity index (χ3v) is 4.85. The van der Waals surface area contributed by atoms with Crippen LogP contribution in [0.3, 0.4) is 0 Å². The minimum atomic E-state index is -0.875. The van der Waals surface area contributed by atoms with Crippen LogP contribution in [-0.4, -0.2) is 53.8 Å². The molecule has 3 rings (SSSR count). The molecule has 1 N–H and O–H groups in total. The zero-order chi connectivity index (χ0) is 23.8. The molecule has 0 spiro atoms. The summed E-state index contributed by atoms with van der Waals surface area (Å²) in [6.07, 6.45) is 0.336. The molecule has 2 aromatic carbocycles. The number of fused-ring (bicyclic) bond motifs is 1. The summed E-state index contributed by atoms with van der Waals surface area (Å²) < 4.78 is 31.8. The molecule has 1 aliphatic heterocycles. The number of amides is 1. The molecular formula is C24H28FNO6. The van der Waals surface area contributed by atoms with E-state index in [1.54, 1.807) is 33.8 Å².